The summed E-state index contributed by atoms with van der Waals surface area (Å²) >= 11 is 3.37. The number of rotatable bonds is 4. The van der Waals surface area contributed by atoms with Gasteiger partial charge in [0.1, 0.15) is 0 Å². The van der Waals surface area contributed by atoms with Crippen LogP contribution in [0.15, 0.2) is 16.9 Å². The van der Waals surface area contributed by atoms with Gasteiger partial charge in [-0.25, -0.2) is 4.79 Å². The molecule has 0 aromatic carbocycles. The lowest BCUT2D eigenvalue weighted by molar-refractivity contribution is -0.166. The molecule has 1 aromatic heterocycles. The maximum Gasteiger partial charge on any atom is 0.336 e. The van der Waals surface area contributed by atoms with Crippen molar-refractivity contribution in [1.82, 2.24) is 14.7 Å². The van der Waals surface area contributed by atoms with Crippen LogP contribution in [0.4, 0.5) is 0 Å². The molecule has 0 bridgehead atoms. The van der Waals surface area contributed by atoms with Crippen molar-refractivity contribution in [2.24, 2.45) is 0 Å². The molecule has 1 aliphatic rings. The van der Waals surface area contributed by atoms with Gasteiger partial charge in [-0.2, -0.15) is 5.10 Å². The van der Waals surface area contributed by atoms with Gasteiger partial charge in [-0.3, -0.25) is 9.58 Å². The highest BCUT2D eigenvalue weighted by molar-refractivity contribution is 9.10. The number of nitrogens with zero attached hydrogens (tertiary/aromatic N) is 3. The van der Waals surface area contributed by atoms with Crippen molar-refractivity contribution in [1.29, 1.82) is 0 Å². The zero-order valence-corrected chi connectivity index (χ0v) is 12.7. The average Bonchev–Trinajstić information content (AvgIpc) is 2.80. The summed E-state index contributed by atoms with van der Waals surface area (Å²) in [5.74, 6) is -0.307. The first kappa shape index (κ1) is 14.5. The highest BCUT2D eigenvalue weighted by Crippen LogP contribution is 2.13. The van der Waals surface area contributed by atoms with E-state index in [0.29, 0.717) is 6.54 Å². The van der Waals surface area contributed by atoms with Gasteiger partial charge in [0.05, 0.1) is 30.4 Å². The number of esters is 1. The normalized spacial score (nSPS) is 24.4. The van der Waals surface area contributed by atoms with E-state index in [0.717, 1.165) is 24.1 Å². The van der Waals surface area contributed by atoms with E-state index in [-0.39, 0.29) is 12.1 Å². The van der Waals surface area contributed by atoms with Crippen LogP contribution in [0.25, 0.3) is 0 Å². The van der Waals surface area contributed by atoms with E-state index >= 15 is 0 Å². The van der Waals surface area contributed by atoms with Crippen LogP contribution in [0.3, 0.4) is 0 Å². The zero-order chi connectivity index (χ0) is 13.8. The lowest BCUT2D eigenvalue weighted by Crippen LogP contribution is -2.50. The van der Waals surface area contributed by atoms with Crippen molar-refractivity contribution in [3.8, 4) is 0 Å². The Bertz CT molecular complexity index is 438. The molecule has 0 amide bonds. The van der Waals surface area contributed by atoms with E-state index in [4.69, 9.17) is 9.47 Å². The van der Waals surface area contributed by atoms with Crippen molar-refractivity contribution in [2.75, 3.05) is 26.7 Å². The van der Waals surface area contributed by atoms with Gasteiger partial charge in [-0.05, 0) is 22.9 Å². The Morgan fingerprint density at radius 1 is 1.58 bits per heavy atom. The van der Waals surface area contributed by atoms with Gasteiger partial charge in [0, 0.05) is 25.8 Å². The van der Waals surface area contributed by atoms with Crippen LogP contribution in [-0.4, -0.2) is 59.6 Å². The second-order valence-corrected chi connectivity index (χ2v) is 5.56. The summed E-state index contributed by atoms with van der Waals surface area (Å²) in [6.45, 7) is 4.96. The molecule has 2 atom stereocenters. The van der Waals surface area contributed by atoms with Gasteiger partial charge < -0.3 is 9.47 Å². The molecule has 0 spiro atoms. The topological polar surface area (TPSA) is 56.6 Å². The van der Waals surface area contributed by atoms with Gasteiger partial charge in [-0.15, -0.1) is 0 Å². The molecule has 2 rings (SSSR count). The Morgan fingerprint density at radius 3 is 3.00 bits per heavy atom. The van der Waals surface area contributed by atoms with Crippen molar-refractivity contribution in [3.05, 3.63) is 16.9 Å². The Labute approximate surface area is 120 Å². The molecule has 0 aliphatic carbocycles. The maximum atomic E-state index is 11.5. The summed E-state index contributed by atoms with van der Waals surface area (Å²) in [5.41, 5.74) is 0. The number of halogens is 1. The monoisotopic (exact) mass is 331 g/mol. The minimum atomic E-state index is -0.488. The Hall–Kier alpha value is -0.920. The minimum Gasteiger partial charge on any atom is -0.467 e. The van der Waals surface area contributed by atoms with Gasteiger partial charge in [0.25, 0.3) is 0 Å². The summed E-state index contributed by atoms with van der Waals surface area (Å²) in [4.78, 5) is 13.7. The fraction of sp³-hybridized carbons (Fsp3) is 0.667. The molecule has 0 radical (unpaired) electrons. The number of ether oxygens (including phenoxy) is 2. The van der Waals surface area contributed by atoms with Gasteiger partial charge in [0.15, 0.2) is 6.10 Å². The van der Waals surface area contributed by atoms with E-state index in [1.807, 2.05) is 17.8 Å². The summed E-state index contributed by atoms with van der Waals surface area (Å²) in [7, 11) is 1.39. The molecule has 1 aromatic rings. The highest BCUT2D eigenvalue weighted by Gasteiger charge is 2.30. The second-order valence-electron chi connectivity index (χ2n) is 4.64. The first-order valence-electron chi connectivity index (χ1n) is 6.22. The van der Waals surface area contributed by atoms with E-state index in [1.165, 1.54) is 7.11 Å². The maximum absolute atomic E-state index is 11.5. The van der Waals surface area contributed by atoms with E-state index < -0.39 is 6.10 Å². The molecule has 2 heterocycles. The van der Waals surface area contributed by atoms with E-state index in [9.17, 15) is 4.79 Å². The summed E-state index contributed by atoms with van der Waals surface area (Å²) in [6.07, 6.45) is 3.24. The molecule has 1 fully saturated rings. The molecule has 0 N–H and O–H groups in total. The molecular weight excluding hydrogens is 314 g/mol. The van der Waals surface area contributed by atoms with Gasteiger partial charge >= 0.3 is 5.97 Å². The van der Waals surface area contributed by atoms with E-state index in [1.54, 1.807) is 6.20 Å². The van der Waals surface area contributed by atoms with E-state index in [2.05, 4.69) is 25.9 Å². The molecule has 0 unspecified atom stereocenters. The first-order chi connectivity index (χ1) is 9.08. The lowest BCUT2D eigenvalue weighted by atomic mass is 10.2. The largest absolute Gasteiger partial charge is 0.467 e. The molecule has 106 valence electrons. The van der Waals surface area contributed by atoms with Crippen molar-refractivity contribution in [3.63, 3.8) is 0 Å². The van der Waals surface area contributed by atoms with Crippen LogP contribution in [-0.2, 0) is 20.8 Å². The average molecular weight is 332 g/mol. The summed E-state index contributed by atoms with van der Waals surface area (Å²) < 4.78 is 13.2. The lowest BCUT2D eigenvalue weighted by Gasteiger charge is -2.35. The Morgan fingerprint density at radius 2 is 2.37 bits per heavy atom. The zero-order valence-electron chi connectivity index (χ0n) is 11.1. The molecule has 19 heavy (non-hydrogen) atoms. The number of morpholine rings is 1. The number of carbonyl (C=O) groups is 1. The van der Waals surface area contributed by atoms with Crippen LogP contribution in [0.5, 0.6) is 0 Å². The molecule has 0 saturated carbocycles. The predicted molar refractivity (Wildman–Crippen MR) is 72.7 cm³/mol. The quantitative estimate of drug-likeness (QED) is 0.767. The molecule has 7 heteroatoms. The molecular formula is C12H18BrN3O3. The fourth-order valence-electron chi connectivity index (χ4n) is 2.19. The van der Waals surface area contributed by atoms with Gasteiger partial charge in [0.2, 0.25) is 0 Å². The SMILES string of the molecule is COC(=O)[C@@H]1CN(CCn2cc(Br)cn2)C[C@@H](C)O1. The van der Waals surface area contributed by atoms with Crippen LogP contribution in [0, 0.1) is 0 Å². The second kappa shape index (κ2) is 6.49. The summed E-state index contributed by atoms with van der Waals surface area (Å²) in [5, 5.41) is 4.21. The smallest absolute Gasteiger partial charge is 0.336 e. The van der Waals surface area contributed by atoms with Crippen LogP contribution in [0.2, 0.25) is 0 Å². The molecule has 1 saturated heterocycles. The number of methoxy groups -OCH3 is 1. The number of hydrogen-bond acceptors (Lipinski definition) is 5. The van der Waals surface area contributed by atoms with Crippen molar-refractivity contribution in [2.45, 2.75) is 25.7 Å². The number of aromatic nitrogens is 2. The summed E-state index contributed by atoms with van der Waals surface area (Å²) in [6, 6.07) is 0. The van der Waals surface area contributed by atoms with Gasteiger partial charge in [-0.1, -0.05) is 0 Å². The third-order valence-corrected chi connectivity index (χ3v) is 3.46. The first-order valence-corrected chi connectivity index (χ1v) is 7.01. The highest BCUT2D eigenvalue weighted by atomic mass is 79.9. The Kier molecular flexibility index (Phi) is 4.95. The number of carbonyl (C=O) groups excluding carboxylic acids is 1. The van der Waals surface area contributed by atoms with Crippen molar-refractivity contribution >= 4 is 21.9 Å². The van der Waals surface area contributed by atoms with Crippen LogP contribution < -0.4 is 0 Å². The van der Waals surface area contributed by atoms with Crippen LogP contribution >= 0.6 is 15.9 Å². The third kappa shape index (κ3) is 4.02. The molecule has 6 nitrogen and oxygen atoms in total. The third-order valence-electron chi connectivity index (χ3n) is 3.05. The predicted octanol–water partition coefficient (Wildman–Crippen LogP) is 0.908. The number of hydrogen-bond donors (Lipinski definition) is 0. The molecule has 1 aliphatic heterocycles. The van der Waals surface area contributed by atoms with Crippen molar-refractivity contribution < 1.29 is 14.3 Å². The Balaban J connectivity index is 1.87. The fourth-order valence-corrected chi connectivity index (χ4v) is 2.52. The van der Waals surface area contributed by atoms with Crippen LogP contribution in [0.1, 0.15) is 6.92 Å². The standard InChI is InChI=1S/C12H18BrN3O3/c1-9-6-15(8-11(19-9)12(17)18-2)3-4-16-7-10(13)5-14-16/h5,7,9,11H,3-4,6,8H2,1-2H3/t9-,11+/m1/s1. The minimum absolute atomic E-state index is 0.0298.